The van der Waals surface area contributed by atoms with Crippen LogP contribution in [0.3, 0.4) is 0 Å². The summed E-state index contributed by atoms with van der Waals surface area (Å²) in [5, 5.41) is 8.43. The minimum Gasteiger partial charge on any atom is -0.415 e. The smallest absolute Gasteiger partial charge is 0.382 e. The lowest BCUT2D eigenvalue weighted by atomic mass is 10.1. The quantitative estimate of drug-likeness (QED) is 0.667. The van der Waals surface area contributed by atoms with Gasteiger partial charge < -0.3 is 4.42 Å². The van der Waals surface area contributed by atoms with E-state index in [1.165, 1.54) is 0 Å². The maximum Gasteiger partial charge on any atom is 0.382 e. The molecule has 0 N–H and O–H groups in total. The van der Waals surface area contributed by atoms with Gasteiger partial charge in [0, 0.05) is 0 Å². The molecule has 13 heavy (non-hydrogen) atoms. The molecule has 0 fully saturated rings. The molecule has 0 spiro atoms. The standard InChI is InChI=1S/C9H5FN2O/c10-9-12-7-5-6(3-4-11)1-2-8(7)13-9/h1-2,5H,3H2. The van der Waals surface area contributed by atoms with Crippen molar-refractivity contribution in [3.63, 3.8) is 0 Å². The monoisotopic (exact) mass is 176 g/mol. The van der Waals surface area contributed by atoms with Crippen LogP contribution in [0.2, 0.25) is 0 Å². The van der Waals surface area contributed by atoms with Crippen molar-refractivity contribution in [3.8, 4) is 6.07 Å². The van der Waals surface area contributed by atoms with Gasteiger partial charge in [-0.3, -0.25) is 0 Å². The summed E-state index contributed by atoms with van der Waals surface area (Å²) in [7, 11) is 0. The van der Waals surface area contributed by atoms with E-state index in [2.05, 4.69) is 9.40 Å². The first-order chi connectivity index (χ1) is 6.29. The zero-order valence-corrected chi connectivity index (χ0v) is 6.62. The summed E-state index contributed by atoms with van der Waals surface area (Å²) in [6.07, 6.45) is -0.547. The highest BCUT2D eigenvalue weighted by Crippen LogP contribution is 2.16. The first kappa shape index (κ1) is 7.74. The number of fused-ring (bicyclic) bond motifs is 1. The van der Waals surface area contributed by atoms with Gasteiger partial charge in [0.25, 0.3) is 0 Å². The van der Waals surface area contributed by atoms with Crippen LogP contribution in [0.15, 0.2) is 22.6 Å². The molecule has 0 amide bonds. The fourth-order valence-corrected chi connectivity index (χ4v) is 1.15. The van der Waals surface area contributed by atoms with Crippen LogP contribution in [0.1, 0.15) is 5.56 Å². The van der Waals surface area contributed by atoms with Crippen LogP contribution in [-0.2, 0) is 6.42 Å². The number of oxazole rings is 1. The van der Waals surface area contributed by atoms with Crippen LogP contribution in [-0.4, -0.2) is 4.98 Å². The second kappa shape index (κ2) is 2.87. The van der Waals surface area contributed by atoms with Crippen molar-refractivity contribution in [3.05, 3.63) is 29.9 Å². The van der Waals surface area contributed by atoms with Crippen molar-refractivity contribution in [1.82, 2.24) is 4.98 Å². The fourth-order valence-electron chi connectivity index (χ4n) is 1.15. The molecule has 2 rings (SSSR count). The van der Waals surface area contributed by atoms with Gasteiger partial charge >= 0.3 is 6.14 Å². The lowest BCUT2D eigenvalue weighted by molar-refractivity contribution is 0.355. The van der Waals surface area contributed by atoms with Gasteiger partial charge in [0.05, 0.1) is 12.5 Å². The number of rotatable bonds is 1. The molecule has 64 valence electrons. The normalized spacial score (nSPS) is 10.2. The Balaban J connectivity index is 2.56. The van der Waals surface area contributed by atoms with E-state index < -0.39 is 6.14 Å². The number of benzene rings is 1. The molecule has 0 saturated carbocycles. The van der Waals surface area contributed by atoms with E-state index in [0.717, 1.165) is 5.56 Å². The number of halogens is 1. The largest absolute Gasteiger partial charge is 0.415 e. The molecule has 1 aromatic carbocycles. The molecule has 0 atom stereocenters. The van der Waals surface area contributed by atoms with E-state index in [-0.39, 0.29) is 0 Å². The van der Waals surface area contributed by atoms with Crippen LogP contribution in [0.25, 0.3) is 11.1 Å². The Morgan fingerprint density at radius 2 is 2.38 bits per heavy atom. The molecule has 2 aromatic rings. The summed E-state index contributed by atoms with van der Waals surface area (Å²) < 4.78 is 17.1. The average molecular weight is 176 g/mol. The third kappa shape index (κ3) is 1.36. The predicted molar refractivity (Wildman–Crippen MR) is 43.3 cm³/mol. The average Bonchev–Trinajstić information content (AvgIpc) is 2.44. The van der Waals surface area contributed by atoms with Crippen molar-refractivity contribution in [1.29, 1.82) is 5.26 Å². The Labute approximate surface area is 73.4 Å². The molecule has 0 saturated heterocycles. The van der Waals surface area contributed by atoms with Gasteiger partial charge in [-0.05, 0) is 17.7 Å². The minimum atomic E-state index is -0.843. The van der Waals surface area contributed by atoms with Gasteiger partial charge in [-0.25, -0.2) is 0 Å². The Bertz CT molecular complexity index is 484. The Morgan fingerprint density at radius 1 is 1.54 bits per heavy atom. The zero-order chi connectivity index (χ0) is 9.26. The molecule has 0 radical (unpaired) electrons. The maximum absolute atomic E-state index is 12.5. The molecule has 1 heterocycles. The van der Waals surface area contributed by atoms with Crippen LogP contribution in [0.5, 0.6) is 0 Å². The Hall–Kier alpha value is -1.89. The van der Waals surface area contributed by atoms with Crippen molar-refractivity contribution < 1.29 is 8.81 Å². The molecular formula is C9H5FN2O. The van der Waals surface area contributed by atoms with Crippen LogP contribution in [0, 0.1) is 17.5 Å². The van der Waals surface area contributed by atoms with E-state index >= 15 is 0 Å². The van der Waals surface area contributed by atoms with Gasteiger partial charge in [-0.15, -0.1) is 4.39 Å². The second-order valence-corrected chi connectivity index (χ2v) is 2.60. The molecule has 3 nitrogen and oxygen atoms in total. The zero-order valence-electron chi connectivity index (χ0n) is 6.62. The summed E-state index contributed by atoms with van der Waals surface area (Å²) in [6, 6.07) is 6.97. The summed E-state index contributed by atoms with van der Waals surface area (Å²) in [5.41, 5.74) is 1.66. The topological polar surface area (TPSA) is 49.8 Å². The molecule has 0 aliphatic rings. The van der Waals surface area contributed by atoms with Crippen molar-refractivity contribution in [2.45, 2.75) is 6.42 Å². The number of hydrogen-bond donors (Lipinski definition) is 0. The summed E-state index contributed by atoms with van der Waals surface area (Å²) in [4.78, 5) is 3.51. The Morgan fingerprint density at radius 3 is 3.15 bits per heavy atom. The van der Waals surface area contributed by atoms with E-state index in [1.54, 1.807) is 18.2 Å². The second-order valence-electron chi connectivity index (χ2n) is 2.60. The third-order valence-corrected chi connectivity index (χ3v) is 1.71. The lowest BCUT2D eigenvalue weighted by Crippen LogP contribution is -1.80. The highest BCUT2D eigenvalue weighted by Gasteiger charge is 2.04. The summed E-state index contributed by atoms with van der Waals surface area (Å²) in [5.74, 6) is 0. The van der Waals surface area contributed by atoms with Crippen molar-refractivity contribution in [2.24, 2.45) is 0 Å². The molecule has 0 aliphatic heterocycles. The third-order valence-electron chi connectivity index (χ3n) is 1.71. The molecule has 1 aromatic heterocycles. The first-order valence-electron chi connectivity index (χ1n) is 3.71. The Kier molecular flexibility index (Phi) is 1.71. The van der Waals surface area contributed by atoms with E-state index in [0.29, 0.717) is 17.5 Å². The van der Waals surface area contributed by atoms with E-state index in [9.17, 15) is 4.39 Å². The first-order valence-corrected chi connectivity index (χ1v) is 3.71. The molecule has 0 unspecified atom stereocenters. The minimum absolute atomic E-state index is 0.296. The fraction of sp³-hybridized carbons (Fsp3) is 0.111. The molecular weight excluding hydrogens is 171 g/mol. The number of nitriles is 1. The van der Waals surface area contributed by atoms with Gasteiger partial charge in [-0.1, -0.05) is 6.07 Å². The highest BCUT2D eigenvalue weighted by molar-refractivity contribution is 5.72. The SMILES string of the molecule is N#CCc1ccc2oc(F)nc2c1. The van der Waals surface area contributed by atoms with Gasteiger partial charge in [-0.2, -0.15) is 10.2 Å². The van der Waals surface area contributed by atoms with E-state index in [1.807, 2.05) is 6.07 Å². The lowest BCUT2D eigenvalue weighted by Gasteiger charge is -1.91. The van der Waals surface area contributed by atoms with Gasteiger partial charge in [0.2, 0.25) is 0 Å². The van der Waals surface area contributed by atoms with Crippen LogP contribution in [0.4, 0.5) is 4.39 Å². The molecule has 4 heteroatoms. The van der Waals surface area contributed by atoms with E-state index in [4.69, 9.17) is 5.26 Å². The number of hydrogen-bond acceptors (Lipinski definition) is 3. The van der Waals surface area contributed by atoms with Gasteiger partial charge in [0.15, 0.2) is 5.58 Å². The van der Waals surface area contributed by atoms with Crippen LogP contribution >= 0.6 is 0 Å². The predicted octanol–water partition coefficient (Wildman–Crippen LogP) is 2.03. The van der Waals surface area contributed by atoms with Crippen molar-refractivity contribution in [2.75, 3.05) is 0 Å². The van der Waals surface area contributed by atoms with Crippen molar-refractivity contribution >= 4 is 11.1 Å². The maximum atomic E-state index is 12.5. The molecule has 0 bridgehead atoms. The summed E-state index contributed by atoms with van der Waals surface area (Å²) in [6.45, 7) is 0. The molecule has 0 aliphatic carbocycles. The van der Waals surface area contributed by atoms with Gasteiger partial charge in [0.1, 0.15) is 5.52 Å². The number of aromatic nitrogens is 1. The van der Waals surface area contributed by atoms with Crippen LogP contribution < -0.4 is 0 Å². The number of nitrogens with zero attached hydrogens (tertiary/aromatic N) is 2. The summed E-state index contributed by atoms with van der Waals surface area (Å²) >= 11 is 0. The highest BCUT2D eigenvalue weighted by atomic mass is 19.1.